The predicted molar refractivity (Wildman–Crippen MR) is 68.4 cm³/mol. The first kappa shape index (κ1) is 13.0. The summed E-state index contributed by atoms with van der Waals surface area (Å²) in [4.78, 5) is 23.2. The molecule has 1 aromatic carbocycles. The molecule has 0 aliphatic rings. The Morgan fingerprint density at radius 1 is 1.26 bits per heavy atom. The van der Waals surface area contributed by atoms with Gasteiger partial charge in [0, 0.05) is 11.8 Å². The molecule has 0 spiro atoms. The third kappa shape index (κ3) is 2.14. The molecule has 0 aliphatic carbocycles. The van der Waals surface area contributed by atoms with E-state index in [0.717, 1.165) is 4.57 Å². The van der Waals surface area contributed by atoms with Gasteiger partial charge in [-0.15, -0.1) is 0 Å². The van der Waals surface area contributed by atoms with Crippen LogP contribution in [-0.4, -0.2) is 15.6 Å². The molecule has 0 unspecified atom stereocenters. The van der Waals surface area contributed by atoms with Gasteiger partial charge in [0.2, 0.25) is 0 Å². The zero-order valence-electron chi connectivity index (χ0n) is 10.5. The highest BCUT2D eigenvalue weighted by Gasteiger charge is 2.18. The molecule has 5 heteroatoms. The molecule has 0 saturated heterocycles. The average Bonchev–Trinajstić information content (AvgIpc) is 2.30. The van der Waals surface area contributed by atoms with E-state index in [9.17, 15) is 14.0 Å². The number of aryl methyl sites for hydroxylation is 1. The molecule has 0 bridgehead atoms. The zero-order valence-corrected chi connectivity index (χ0v) is 10.5. The number of rotatable bonds is 2. The molecule has 0 saturated carbocycles. The van der Waals surface area contributed by atoms with Crippen LogP contribution in [-0.2, 0) is 0 Å². The number of aromatic nitrogens is 1. The SMILES string of the molecule is Cc1cc(=O)n(-c2ccccc2F)c(C)c1C(=O)O. The van der Waals surface area contributed by atoms with Crippen molar-refractivity contribution < 1.29 is 14.3 Å². The minimum absolute atomic E-state index is 0.0165. The topological polar surface area (TPSA) is 59.3 Å². The van der Waals surface area contributed by atoms with Crippen LogP contribution < -0.4 is 5.56 Å². The van der Waals surface area contributed by atoms with E-state index in [4.69, 9.17) is 5.11 Å². The molecule has 0 radical (unpaired) electrons. The zero-order chi connectivity index (χ0) is 14.2. The van der Waals surface area contributed by atoms with E-state index in [2.05, 4.69) is 0 Å². The molecule has 0 fully saturated rings. The van der Waals surface area contributed by atoms with Crippen LogP contribution in [0.3, 0.4) is 0 Å². The Morgan fingerprint density at radius 2 is 1.89 bits per heavy atom. The number of benzene rings is 1. The van der Waals surface area contributed by atoms with Crippen molar-refractivity contribution in [3.05, 3.63) is 63.3 Å². The van der Waals surface area contributed by atoms with Crippen molar-refractivity contribution in [2.75, 3.05) is 0 Å². The lowest BCUT2D eigenvalue weighted by Crippen LogP contribution is -2.24. The molecule has 19 heavy (non-hydrogen) atoms. The maximum absolute atomic E-state index is 13.8. The second kappa shape index (κ2) is 4.68. The van der Waals surface area contributed by atoms with Gasteiger partial charge in [0.05, 0.1) is 11.3 Å². The monoisotopic (exact) mass is 261 g/mol. The lowest BCUT2D eigenvalue weighted by molar-refractivity contribution is 0.0694. The highest BCUT2D eigenvalue weighted by molar-refractivity contribution is 5.90. The Morgan fingerprint density at radius 3 is 2.47 bits per heavy atom. The number of halogens is 1. The molecule has 98 valence electrons. The van der Waals surface area contributed by atoms with Gasteiger partial charge in [0.1, 0.15) is 5.82 Å². The van der Waals surface area contributed by atoms with Gasteiger partial charge in [-0.25, -0.2) is 9.18 Å². The molecule has 0 aliphatic heterocycles. The molecule has 2 aromatic rings. The number of carboxylic acids is 1. The number of carbonyl (C=O) groups is 1. The van der Waals surface area contributed by atoms with Crippen LogP contribution in [0.1, 0.15) is 21.6 Å². The molecule has 2 rings (SSSR count). The van der Waals surface area contributed by atoms with E-state index in [1.807, 2.05) is 0 Å². The number of para-hydroxylation sites is 1. The van der Waals surface area contributed by atoms with E-state index in [0.29, 0.717) is 5.56 Å². The van der Waals surface area contributed by atoms with Gasteiger partial charge in [-0.2, -0.15) is 0 Å². The van der Waals surface area contributed by atoms with Gasteiger partial charge in [-0.1, -0.05) is 12.1 Å². The highest BCUT2D eigenvalue weighted by atomic mass is 19.1. The van der Waals surface area contributed by atoms with E-state index < -0.39 is 17.3 Å². The van der Waals surface area contributed by atoms with Gasteiger partial charge < -0.3 is 5.11 Å². The summed E-state index contributed by atoms with van der Waals surface area (Å²) in [5, 5.41) is 9.17. The second-order valence-electron chi connectivity index (χ2n) is 4.22. The third-order valence-electron chi connectivity index (χ3n) is 2.96. The third-order valence-corrected chi connectivity index (χ3v) is 2.96. The summed E-state index contributed by atoms with van der Waals surface area (Å²) in [6.45, 7) is 3.04. The first-order valence-electron chi connectivity index (χ1n) is 5.65. The van der Waals surface area contributed by atoms with Crippen molar-refractivity contribution in [1.82, 2.24) is 4.57 Å². The fourth-order valence-corrected chi connectivity index (χ4v) is 2.14. The quantitative estimate of drug-likeness (QED) is 0.902. The number of aromatic carboxylic acids is 1. The van der Waals surface area contributed by atoms with E-state index in [1.54, 1.807) is 13.0 Å². The number of hydrogen-bond acceptors (Lipinski definition) is 2. The van der Waals surface area contributed by atoms with Gasteiger partial charge in [-0.3, -0.25) is 9.36 Å². The Hall–Kier alpha value is -2.43. The first-order valence-corrected chi connectivity index (χ1v) is 5.65. The summed E-state index contributed by atoms with van der Waals surface area (Å²) in [5.74, 6) is -1.71. The predicted octanol–water partition coefficient (Wildman–Crippen LogP) is 2.29. The van der Waals surface area contributed by atoms with Crippen LogP contribution in [0.2, 0.25) is 0 Å². The summed E-state index contributed by atoms with van der Waals surface area (Å²) < 4.78 is 14.8. The number of nitrogens with zero attached hydrogens (tertiary/aromatic N) is 1. The number of pyridine rings is 1. The van der Waals surface area contributed by atoms with Crippen LogP contribution >= 0.6 is 0 Å². The standard InChI is InChI=1S/C14H12FNO3/c1-8-7-12(17)16(9(2)13(8)14(18)19)11-6-4-3-5-10(11)15/h3-7H,1-2H3,(H,18,19). The fourth-order valence-electron chi connectivity index (χ4n) is 2.14. The molecule has 0 amide bonds. The molecule has 1 aromatic heterocycles. The largest absolute Gasteiger partial charge is 0.478 e. The fraction of sp³-hybridized carbons (Fsp3) is 0.143. The van der Waals surface area contributed by atoms with Gasteiger partial charge in [0.25, 0.3) is 5.56 Å². The van der Waals surface area contributed by atoms with Gasteiger partial charge in [-0.05, 0) is 31.5 Å². The van der Waals surface area contributed by atoms with Crippen LogP contribution in [0.15, 0.2) is 35.1 Å². The van der Waals surface area contributed by atoms with Gasteiger partial charge in [0.15, 0.2) is 0 Å². The summed E-state index contributed by atoms with van der Waals surface area (Å²) >= 11 is 0. The van der Waals surface area contributed by atoms with Crippen molar-refractivity contribution >= 4 is 5.97 Å². The van der Waals surface area contributed by atoms with E-state index in [-0.39, 0.29) is 16.9 Å². The Bertz CT molecular complexity index is 719. The summed E-state index contributed by atoms with van der Waals surface area (Å²) in [6.07, 6.45) is 0. The maximum Gasteiger partial charge on any atom is 0.337 e. The van der Waals surface area contributed by atoms with Crippen LogP contribution in [0.5, 0.6) is 0 Å². The number of carboxylic acid groups (broad SMARTS) is 1. The summed E-state index contributed by atoms with van der Waals surface area (Å²) in [7, 11) is 0. The normalized spacial score (nSPS) is 10.5. The summed E-state index contributed by atoms with van der Waals surface area (Å²) in [5.41, 5.74) is 0.186. The Kier molecular flexibility index (Phi) is 3.21. The molecule has 1 heterocycles. The minimum atomic E-state index is -1.14. The maximum atomic E-state index is 13.8. The molecular weight excluding hydrogens is 249 g/mol. The van der Waals surface area contributed by atoms with Crippen molar-refractivity contribution in [3.8, 4) is 5.69 Å². The van der Waals surface area contributed by atoms with Crippen molar-refractivity contribution in [2.24, 2.45) is 0 Å². The van der Waals surface area contributed by atoms with Crippen molar-refractivity contribution in [3.63, 3.8) is 0 Å². The van der Waals surface area contributed by atoms with Crippen molar-refractivity contribution in [1.29, 1.82) is 0 Å². The molecule has 1 N–H and O–H groups in total. The highest BCUT2D eigenvalue weighted by Crippen LogP contribution is 2.17. The van der Waals surface area contributed by atoms with Crippen LogP contribution in [0, 0.1) is 19.7 Å². The van der Waals surface area contributed by atoms with Crippen molar-refractivity contribution in [2.45, 2.75) is 13.8 Å². The lowest BCUT2D eigenvalue weighted by atomic mass is 10.1. The van der Waals surface area contributed by atoms with E-state index >= 15 is 0 Å². The van der Waals surface area contributed by atoms with E-state index in [1.165, 1.54) is 31.2 Å². The number of hydrogen-bond donors (Lipinski definition) is 1. The lowest BCUT2D eigenvalue weighted by Gasteiger charge is -2.14. The minimum Gasteiger partial charge on any atom is -0.478 e. The molecule has 0 atom stereocenters. The first-order chi connectivity index (χ1) is 8.93. The van der Waals surface area contributed by atoms with Gasteiger partial charge >= 0.3 is 5.97 Å². The Balaban J connectivity index is 2.86. The molecular formula is C14H12FNO3. The average molecular weight is 261 g/mol. The molecule has 4 nitrogen and oxygen atoms in total. The second-order valence-corrected chi connectivity index (χ2v) is 4.22. The smallest absolute Gasteiger partial charge is 0.337 e. The van der Waals surface area contributed by atoms with Crippen LogP contribution in [0.4, 0.5) is 4.39 Å². The van der Waals surface area contributed by atoms with Crippen LogP contribution in [0.25, 0.3) is 5.69 Å². The summed E-state index contributed by atoms with van der Waals surface area (Å²) in [6, 6.07) is 6.95. The Labute approximate surface area is 108 Å².